The van der Waals surface area contributed by atoms with Crippen LogP contribution in [0.4, 0.5) is 5.69 Å². The first kappa shape index (κ1) is 25.1. The first-order chi connectivity index (χ1) is 11.6. The molecule has 1 aromatic heterocycles. The molecule has 0 aliphatic heterocycles. The smallest absolute Gasteiger partial charge is 0.122 e. The van der Waals surface area contributed by atoms with Crippen molar-refractivity contribution < 1.29 is 4.74 Å². The molecule has 0 aliphatic carbocycles. The lowest BCUT2D eigenvalue weighted by Crippen LogP contribution is -2.12. The minimum absolute atomic E-state index is 0. The van der Waals surface area contributed by atoms with Gasteiger partial charge in [0.15, 0.2) is 0 Å². The lowest BCUT2D eigenvalue weighted by atomic mass is 10.2. The molecular formula is C18H20Cl4N4O. The van der Waals surface area contributed by atoms with E-state index in [1.807, 2.05) is 24.3 Å². The predicted octanol–water partition coefficient (Wildman–Crippen LogP) is 4.93. The summed E-state index contributed by atoms with van der Waals surface area (Å²) in [4.78, 5) is 4.32. The molecule has 27 heavy (non-hydrogen) atoms. The topological polar surface area (TPSA) is 84.0 Å². The van der Waals surface area contributed by atoms with Gasteiger partial charge in [0.1, 0.15) is 18.2 Å². The van der Waals surface area contributed by atoms with Gasteiger partial charge in [-0.3, -0.25) is 10.4 Å². The fourth-order valence-corrected chi connectivity index (χ4v) is 2.53. The Morgan fingerprint density at radius 1 is 1.07 bits per heavy atom. The Kier molecular flexibility index (Phi) is 10.9. The van der Waals surface area contributed by atoms with Crippen molar-refractivity contribution in [3.05, 3.63) is 65.3 Å². The van der Waals surface area contributed by atoms with Crippen LogP contribution >= 0.6 is 48.8 Å². The van der Waals surface area contributed by atoms with Crippen molar-refractivity contribution in [3.8, 4) is 5.75 Å². The molecule has 0 aliphatic rings. The van der Waals surface area contributed by atoms with Crippen molar-refractivity contribution in [2.24, 2.45) is 5.73 Å². The number of ether oxygens (including phenoxy) is 1. The molecule has 3 rings (SSSR count). The van der Waals surface area contributed by atoms with Crippen LogP contribution in [-0.4, -0.2) is 24.0 Å². The van der Waals surface area contributed by atoms with E-state index >= 15 is 0 Å². The fraction of sp³-hybridized carbons (Fsp3) is 0.111. The molecular weight excluding hydrogens is 430 g/mol. The Morgan fingerprint density at radius 3 is 2.44 bits per heavy atom. The molecule has 0 spiro atoms. The van der Waals surface area contributed by atoms with E-state index in [2.05, 4.69) is 10.3 Å². The summed E-state index contributed by atoms with van der Waals surface area (Å²) in [6.07, 6.45) is 1.75. The van der Waals surface area contributed by atoms with Gasteiger partial charge in [0, 0.05) is 34.4 Å². The molecule has 0 fully saturated rings. The Hall–Kier alpha value is -1.92. The van der Waals surface area contributed by atoms with Crippen molar-refractivity contribution in [2.75, 3.05) is 18.5 Å². The van der Waals surface area contributed by atoms with Gasteiger partial charge in [-0.15, -0.1) is 37.2 Å². The third-order valence-electron chi connectivity index (χ3n) is 3.56. The first-order valence-corrected chi connectivity index (χ1v) is 7.87. The zero-order valence-electron chi connectivity index (χ0n) is 14.1. The molecule has 9 heteroatoms. The van der Waals surface area contributed by atoms with Crippen molar-refractivity contribution >= 4 is 71.2 Å². The minimum Gasteiger partial charge on any atom is -0.492 e. The Balaban J connectivity index is 0.00000225. The second-order valence-electron chi connectivity index (χ2n) is 5.23. The van der Waals surface area contributed by atoms with E-state index in [1.165, 1.54) is 0 Å². The summed E-state index contributed by atoms with van der Waals surface area (Å²) in [5.74, 6) is 0.793. The van der Waals surface area contributed by atoms with Gasteiger partial charge in [0.05, 0.1) is 5.52 Å². The highest BCUT2D eigenvalue weighted by molar-refractivity contribution is 6.31. The quantitative estimate of drug-likeness (QED) is 0.283. The molecule has 0 bridgehead atoms. The van der Waals surface area contributed by atoms with Crippen LogP contribution in [0.15, 0.2) is 54.7 Å². The molecule has 0 atom stereocenters. The molecule has 0 radical (unpaired) electrons. The molecule has 1 heterocycles. The number of nitrogen functional groups attached to an aromatic ring is 1. The van der Waals surface area contributed by atoms with Gasteiger partial charge in [0.25, 0.3) is 0 Å². The zero-order chi connectivity index (χ0) is 16.9. The van der Waals surface area contributed by atoms with Crippen LogP contribution in [0.25, 0.3) is 10.9 Å². The standard InChI is InChI=1S/C18H17ClN4O.3ClH/c19-13-3-6-15-16(7-8-22-17(15)11-13)23-9-10-24-14-4-1-12(2-5-14)18(20)21;;;/h1-8,11H,9-10H2,(H3,20,21)(H,22,23);3*1H. The number of nitrogens with zero attached hydrogens (tertiary/aromatic N) is 1. The highest BCUT2D eigenvalue weighted by atomic mass is 35.5. The van der Waals surface area contributed by atoms with Crippen molar-refractivity contribution in [1.29, 1.82) is 5.41 Å². The summed E-state index contributed by atoms with van der Waals surface area (Å²) in [6, 6.07) is 14.7. The van der Waals surface area contributed by atoms with Gasteiger partial charge in [0.2, 0.25) is 0 Å². The van der Waals surface area contributed by atoms with Gasteiger partial charge < -0.3 is 15.8 Å². The second-order valence-corrected chi connectivity index (χ2v) is 5.67. The number of aromatic nitrogens is 1. The number of amidine groups is 1. The van der Waals surface area contributed by atoms with Crippen LogP contribution in [-0.2, 0) is 0 Å². The van der Waals surface area contributed by atoms with E-state index in [0.29, 0.717) is 23.7 Å². The number of hydrogen-bond acceptors (Lipinski definition) is 4. The van der Waals surface area contributed by atoms with E-state index in [9.17, 15) is 0 Å². The van der Waals surface area contributed by atoms with Crippen LogP contribution < -0.4 is 15.8 Å². The number of hydrogen-bond donors (Lipinski definition) is 3. The van der Waals surface area contributed by atoms with Crippen LogP contribution in [0.5, 0.6) is 5.75 Å². The molecule has 4 N–H and O–H groups in total. The highest BCUT2D eigenvalue weighted by Gasteiger charge is 2.03. The molecule has 146 valence electrons. The Bertz CT molecular complexity index is 875. The number of nitrogens with one attached hydrogen (secondary N) is 2. The molecule has 2 aromatic carbocycles. The summed E-state index contributed by atoms with van der Waals surface area (Å²) in [5.41, 5.74) is 7.95. The highest BCUT2D eigenvalue weighted by Crippen LogP contribution is 2.24. The molecule has 0 unspecified atom stereocenters. The average Bonchev–Trinajstić information content (AvgIpc) is 2.59. The molecule has 5 nitrogen and oxygen atoms in total. The summed E-state index contributed by atoms with van der Waals surface area (Å²) in [6.45, 7) is 1.16. The van der Waals surface area contributed by atoms with Crippen molar-refractivity contribution in [1.82, 2.24) is 4.98 Å². The van der Waals surface area contributed by atoms with Gasteiger partial charge in [-0.2, -0.15) is 0 Å². The predicted molar refractivity (Wildman–Crippen MR) is 120 cm³/mol. The number of fused-ring (bicyclic) bond motifs is 1. The van der Waals surface area contributed by atoms with Gasteiger partial charge >= 0.3 is 0 Å². The van der Waals surface area contributed by atoms with Crippen molar-refractivity contribution in [2.45, 2.75) is 0 Å². The largest absolute Gasteiger partial charge is 0.492 e. The Morgan fingerprint density at radius 2 is 1.78 bits per heavy atom. The average molecular weight is 450 g/mol. The normalized spacial score (nSPS) is 9.37. The fourth-order valence-electron chi connectivity index (χ4n) is 2.36. The van der Waals surface area contributed by atoms with E-state index in [4.69, 9.17) is 27.5 Å². The lowest BCUT2D eigenvalue weighted by molar-refractivity contribution is 0.333. The summed E-state index contributed by atoms with van der Waals surface area (Å²) in [5, 5.41) is 12.4. The number of rotatable bonds is 6. The zero-order valence-corrected chi connectivity index (χ0v) is 17.4. The number of nitrogens with two attached hydrogens (primary N) is 1. The number of benzene rings is 2. The second kappa shape index (κ2) is 11.7. The van der Waals surface area contributed by atoms with Gasteiger partial charge in [-0.25, -0.2) is 0 Å². The van der Waals surface area contributed by atoms with E-state index in [1.54, 1.807) is 30.5 Å². The SMILES string of the molecule is Cl.Cl.Cl.N=C(N)c1ccc(OCCNc2ccnc3cc(Cl)ccc23)cc1. The summed E-state index contributed by atoms with van der Waals surface area (Å²) < 4.78 is 5.68. The van der Waals surface area contributed by atoms with Crippen LogP contribution in [0, 0.1) is 5.41 Å². The third-order valence-corrected chi connectivity index (χ3v) is 3.79. The number of anilines is 1. The summed E-state index contributed by atoms with van der Waals surface area (Å²) >= 11 is 5.99. The first-order valence-electron chi connectivity index (χ1n) is 7.49. The monoisotopic (exact) mass is 448 g/mol. The molecule has 3 aromatic rings. The third kappa shape index (κ3) is 6.63. The van der Waals surface area contributed by atoms with Crippen LogP contribution in [0.2, 0.25) is 5.02 Å². The minimum atomic E-state index is 0. The number of halogens is 4. The van der Waals surface area contributed by atoms with Crippen LogP contribution in [0.3, 0.4) is 0 Å². The maximum atomic E-state index is 7.36. The maximum Gasteiger partial charge on any atom is 0.122 e. The number of pyridine rings is 1. The van der Waals surface area contributed by atoms with Crippen molar-refractivity contribution in [3.63, 3.8) is 0 Å². The van der Waals surface area contributed by atoms with E-state index in [0.717, 1.165) is 22.3 Å². The van der Waals surface area contributed by atoms with Gasteiger partial charge in [-0.05, 0) is 48.5 Å². The molecule has 0 saturated carbocycles. The Labute approximate surface area is 181 Å². The molecule has 0 amide bonds. The van der Waals surface area contributed by atoms with Gasteiger partial charge in [-0.1, -0.05) is 11.6 Å². The van der Waals surface area contributed by atoms with E-state index < -0.39 is 0 Å². The lowest BCUT2D eigenvalue weighted by Gasteiger charge is -2.11. The van der Waals surface area contributed by atoms with Crippen LogP contribution in [0.1, 0.15) is 5.56 Å². The van der Waals surface area contributed by atoms with E-state index in [-0.39, 0.29) is 43.1 Å². The summed E-state index contributed by atoms with van der Waals surface area (Å²) in [7, 11) is 0. The maximum absolute atomic E-state index is 7.36. The molecule has 0 saturated heterocycles.